The minimum atomic E-state index is -0.492. The highest BCUT2D eigenvalue weighted by Crippen LogP contribution is 2.52. The van der Waals surface area contributed by atoms with Gasteiger partial charge in [-0.3, -0.25) is 9.78 Å². The SMILES string of the molecule is CC.CCN(C(=O)c1cc(F)ccc1Oc1cncnc1N1CC2(CC(Oc3ccnc4c3C(CCN(C)C)NCC4)C2)C1)C(C)C. The van der Waals surface area contributed by atoms with Crippen LogP contribution in [0.1, 0.15) is 81.5 Å². The molecular weight excluding hydrogens is 597 g/mol. The van der Waals surface area contributed by atoms with E-state index in [0.717, 1.165) is 63.3 Å². The molecule has 1 aromatic carbocycles. The molecule has 1 unspecified atom stereocenters. The molecule has 254 valence electrons. The summed E-state index contributed by atoms with van der Waals surface area (Å²) >= 11 is 0. The summed E-state index contributed by atoms with van der Waals surface area (Å²) < 4.78 is 27.1. The van der Waals surface area contributed by atoms with E-state index in [9.17, 15) is 9.18 Å². The number of nitrogens with one attached hydrogen (secondary N) is 1. The van der Waals surface area contributed by atoms with Crippen LogP contribution in [0, 0.1) is 11.2 Å². The van der Waals surface area contributed by atoms with E-state index in [1.54, 1.807) is 11.1 Å². The van der Waals surface area contributed by atoms with Crippen LogP contribution in [0.5, 0.6) is 17.2 Å². The average molecular weight is 648 g/mol. The molecule has 1 saturated heterocycles. The van der Waals surface area contributed by atoms with Crippen molar-refractivity contribution in [1.29, 1.82) is 0 Å². The predicted molar refractivity (Wildman–Crippen MR) is 182 cm³/mol. The van der Waals surface area contributed by atoms with Crippen molar-refractivity contribution < 1.29 is 18.7 Å². The van der Waals surface area contributed by atoms with Crippen LogP contribution in [-0.4, -0.2) is 89.6 Å². The second kappa shape index (κ2) is 14.9. The van der Waals surface area contributed by atoms with Crippen LogP contribution >= 0.6 is 0 Å². The lowest BCUT2D eigenvalue weighted by atomic mass is 9.61. The number of aromatic nitrogens is 3. The lowest BCUT2D eigenvalue weighted by molar-refractivity contribution is -0.0352. The van der Waals surface area contributed by atoms with Crippen LogP contribution in [-0.2, 0) is 6.42 Å². The Balaban J connectivity index is 0.00000213. The third-order valence-electron chi connectivity index (χ3n) is 9.24. The summed E-state index contributed by atoms with van der Waals surface area (Å²) in [5.41, 5.74) is 2.71. The molecule has 2 aliphatic heterocycles. The van der Waals surface area contributed by atoms with Crippen LogP contribution in [0.4, 0.5) is 10.2 Å². The minimum Gasteiger partial charge on any atom is -0.490 e. The number of halogens is 1. The smallest absolute Gasteiger partial charge is 0.257 e. The number of fused-ring (bicyclic) bond motifs is 1. The van der Waals surface area contributed by atoms with Gasteiger partial charge in [0.1, 0.15) is 29.7 Å². The number of rotatable bonds is 11. The maximum Gasteiger partial charge on any atom is 0.257 e. The first-order valence-electron chi connectivity index (χ1n) is 17.0. The van der Waals surface area contributed by atoms with Crippen LogP contribution in [0.25, 0.3) is 0 Å². The second-order valence-corrected chi connectivity index (χ2v) is 13.2. The molecule has 1 amide bonds. The lowest BCUT2D eigenvalue weighted by Gasteiger charge is -2.59. The van der Waals surface area contributed by atoms with Crippen LogP contribution < -0.4 is 19.7 Å². The number of benzene rings is 1. The van der Waals surface area contributed by atoms with Crippen LogP contribution in [0.15, 0.2) is 43.0 Å². The van der Waals surface area contributed by atoms with Crippen molar-refractivity contribution in [3.05, 3.63) is 65.6 Å². The fraction of sp³-hybridized carbons (Fsp3) is 0.556. The Bertz CT molecular complexity index is 1520. The van der Waals surface area contributed by atoms with Crippen LogP contribution in [0.3, 0.4) is 0 Å². The molecule has 4 heterocycles. The molecule has 2 fully saturated rings. The minimum absolute atomic E-state index is 0.0352. The summed E-state index contributed by atoms with van der Waals surface area (Å²) in [4.78, 5) is 32.8. The van der Waals surface area contributed by atoms with Crippen LogP contribution in [0.2, 0.25) is 0 Å². The molecule has 47 heavy (non-hydrogen) atoms. The van der Waals surface area contributed by atoms with Gasteiger partial charge in [-0.15, -0.1) is 0 Å². The summed E-state index contributed by atoms with van der Waals surface area (Å²) in [6, 6.07) is 6.27. The number of ether oxygens (including phenoxy) is 2. The van der Waals surface area contributed by atoms with Gasteiger partial charge in [0.05, 0.1) is 17.5 Å². The summed E-state index contributed by atoms with van der Waals surface area (Å²) in [6.45, 7) is 13.9. The van der Waals surface area contributed by atoms with Gasteiger partial charge in [-0.25, -0.2) is 14.4 Å². The molecule has 10 nitrogen and oxygen atoms in total. The van der Waals surface area contributed by atoms with E-state index in [0.29, 0.717) is 18.1 Å². The number of hydrogen-bond acceptors (Lipinski definition) is 9. The van der Waals surface area contributed by atoms with E-state index >= 15 is 0 Å². The molecule has 3 aromatic rings. The Morgan fingerprint density at radius 3 is 2.60 bits per heavy atom. The monoisotopic (exact) mass is 647 g/mol. The van der Waals surface area contributed by atoms with E-state index in [-0.39, 0.29) is 40.8 Å². The normalized spacial score (nSPS) is 18.2. The number of hydrogen-bond donors (Lipinski definition) is 1. The fourth-order valence-electron chi connectivity index (χ4n) is 7.01. The van der Waals surface area contributed by atoms with Crippen molar-refractivity contribution >= 4 is 11.7 Å². The lowest BCUT2D eigenvalue weighted by Crippen LogP contribution is -2.65. The highest BCUT2D eigenvalue weighted by atomic mass is 19.1. The first-order valence-corrected chi connectivity index (χ1v) is 17.0. The van der Waals surface area contributed by atoms with E-state index in [1.165, 1.54) is 30.1 Å². The molecule has 1 aliphatic carbocycles. The van der Waals surface area contributed by atoms with Crippen molar-refractivity contribution in [3.63, 3.8) is 0 Å². The number of pyridine rings is 1. The highest BCUT2D eigenvalue weighted by molar-refractivity contribution is 5.97. The third-order valence-corrected chi connectivity index (χ3v) is 9.24. The summed E-state index contributed by atoms with van der Waals surface area (Å²) in [6.07, 6.45) is 9.00. The molecule has 0 bridgehead atoms. The maximum absolute atomic E-state index is 14.3. The zero-order valence-electron chi connectivity index (χ0n) is 28.9. The zero-order valence-corrected chi connectivity index (χ0v) is 28.9. The van der Waals surface area contributed by atoms with Crippen molar-refractivity contribution in [2.45, 2.75) is 78.5 Å². The summed E-state index contributed by atoms with van der Waals surface area (Å²) in [5, 5.41) is 3.67. The van der Waals surface area contributed by atoms with Gasteiger partial charge in [0.2, 0.25) is 0 Å². The standard InChI is InChI=1S/C34H44FN7O3.C2H6/c1-6-42(22(2)3)33(43)25-15-23(35)7-8-28(25)45-30-18-36-21-39-32(30)41-19-34(20-41)16-24(17-34)44-29-10-13-38-26-9-12-37-27(31(26)29)11-14-40(4)5;1-2/h7-8,10,13,15,18,21-22,24,27,37H,6,9,11-12,14,16-17,19-20H2,1-5H3;1-2H3. The molecule has 3 aliphatic rings. The molecule has 0 radical (unpaired) electrons. The van der Waals surface area contributed by atoms with E-state index in [2.05, 4.69) is 44.2 Å². The molecule has 1 atom stereocenters. The molecule has 11 heteroatoms. The van der Waals surface area contributed by atoms with E-state index in [1.807, 2.05) is 46.9 Å². The van der Waals surface area contributed by atoms with Gasteiger partial charge in [0.15, 0.2) is 11.6 Å². The van der Waals surface area contributed by atoms with Crippen molar-refractivity contribution in [2.75, 3.05) is 51.7 Å². The predicted octanol–water partition coefficient (Wildman–Crippen LogP) is 5.89. The van der Waals surface area contributed by atoms with Gasteiger partial charge in [0.25, 0.3) is 5.91 Å². The Hall–Kier alpha value is -3.83. The Morgan fingerprint density at radius 2 is 1.89 bits per heavy atom. The van der Waals surface area contributed by atoms with Crippen molar-refractivity contribution in [1.82, 2.24) is 30.1 Å². The first kappa shape index (κ1) is 34.5. The summed E-state index contributed by atoms with van der Waals surface area (Å²) in [7, 11) is 4.21. The summed E-state index contributed by atoms with van der Waals surface area (Å²) in [5.74, 6) is 1.57. The molecule has 1 spiro atoms. The van der Waals surface area contributed by atoms with Gasteiger partial charge in [-0.2, -0.15) is 0 Å². The van der Waals surface area contributed by atoms with Crippen molar-refractivity contribution in [2.24, 2.45) is 5.41 Å². The zero-order chi connectivity index (χ0) is 33.7. The first-order chi connectivity index (χ1) is 22.7. The number of nitrogens with zero attached hydrogens (tertiary/aromatic N) is 6. The van der Waals surface area contributed by atoms with Gasteiger partial charge < -0.3 is 29.5 Å². The quantitative estimate of drug-likeness (QED) is 0.274. The second-order valence-electron chi connectivity index (χ2n) is 13.2. The van der Waals surface area contributed by atoms with Gasteiger partial charge in [-0.05, 0) is 84.9 Å². The Labute approximate surface area is 278 Å². The molecule has 1 N–H and O–H groups in total. The third kappa shape index (κ3) is 7.51. The Kier molecular flexibility index (Phi) is 11.0. The number of amides is 1. The van der Waals surface area contributed by atoms with Gasteiger partial charge in [0, 0.05) is 61.9 Å². The number of carbonyl (C=O) groups excluding carboxylic acids is 1. The molecular formula is C36H50FN7O3. The van der Waals surface area contributed by atoms with Crippen molar-refractivity contribution in [3.8, 4) is 17.2 Å². The largest absolute Gasteiger partial charge is 0.490 e. The highest BCUT2D eigenvalue weighted by Gasteiger charge is 2.54. The molecule has 2 aromatic heterocycles. The fourth-order valence-corrected chi connectivity index (χ4v) is 7.01. The number of anilines is 1. The topological polar surface area (TPSA) is 96.0 Å². The Morgan fingerprint density at radius 1 is 1.13 bits per heavy atom. The maximum atomic E-state index is 14.3. The molecule has 6 rings (SSSR count). The average Bonchev–Trinajstić information content (AvgIpc) is 3.02. The number of carbonyl (C=O) groups is 1. The van der Waals surface area contributed by atoms with Gasteiger partial charge >= 0.3 is 0 Å². The van der Waals surface area contributed by atoms with E-state index in [4.69, 9.17) is 9.47 Å². The van der Waals surface area contributed by atoms with E-state index < -0.39 is 5.82 Å². The van der Waals surface area contributed by atoms with Gasteiger partial charge in [-0.1, -0.05) is 13.8 Å². The molecule has 1 saturated carbocycles.